The average Bonchev–Trinajstić information content (AvgIpc) is 2.70. The molecule has 0 saturated carbocycles. The molecule has 0 fully saturated rings. The van der Waals surface area contributed by atoms with Crippen molar-refractivity contribution in [2.24, 2.45) is 0 Å². The molecule has 4 aromatic rings. The average molecular weight is 343 g/mol. The zero-order valence-electron chi connectivity index (χ0n) is 13.6. The number of hydrogen-bond acceptors (Lipinski definition) is 5. The van der Waals surface area contributed by atoms with Crippen LogP contribution in [0.5, 0.6) is 5.75 Å². The van der Waals surface area contributed by atoms with Crippen LogP contribution in [0.3, 0.4) is 0 Å². The molecule has 0 radical (unpaired) electrons. The molecule has 26 heavy (non-hydrogen) atoms. The van der Waals surface area contributed by atoms with E-state index in [4.69, 9.17) is 9.15 Å². The highest BCUT2D eigenvalue weighted by Crippen LogP contribution is 2.22. The van der Waals surface area contributed by atoms with E-state index in [1.165, 1.54) is 12.5 Å². The standard InChI is InChI=1S/C21H13NO4/c23-20-17-5-1-2-6-19(17)25-13-18(20)14-7-9-16(10-8-14)26-21(24)15-4-3-11-22-12-15/h1-13H. The van der Waals surface area contributed by atoms with Crippen LogP contribution in [0.2, 0.25) is 0 Å². The lowest BCUT2D eigenvalue weighted by Crippen LogP contribution is -2.08. The third-order valence-corrected chi connectivity index (χ3v) is 3.95. The highest BCUT2D eigenvalue weighted by atomic mass is 16.5. The summed E-state index contributed by atoms with van der Waals surface area (Å²) in [6.07, 6.45) is 4.47. The fourth-order valence-corrected chi connectivity index (χ4v) is 2.63. The van der Waals surface area contributed by atoms with Gasteiger partial charge in [-0.15, -0.1) is 0 Å². The van der Waals surface area contributed by atoms with Crippen LogP contribution < -0.4 is 10.2 Å². The first-order valence-electron chi connectivity index (χ1n) is 7.95. The maximum absolute atomic E-state index is 12.6. The molecule has 2 heterocycles. The van der Waals surface area contributed by atoms with Gasteiger partial charge in [-0.25, -0.2) is 4.79 Å². The van der Waals surface area contributed by atoms with Crippen LogP contribution in [-0.2, 0) is 0 Å². The number of rotatable bonds is 3. The Balaban J connectivity index is 1.61. The monoisotopic (exact) mass is 343 g/mol. The SMILES string of the molecule is O=C(Oc1ccc(-c2coc3ccccc3c2=O)cc1)c1cccnc1. The van der Waals surface area contributed by atoms with Gasteiger partial charge >= 0.3 is 5.97 Å². The van der Waals surface area contributed by atoms with E-state index in [2.05, 4.69) is 4.98 Å². The molecule has 126 valence electrons. The molecule has 0 atom stereocenters. The molecule has 5 nitrogen and oxygen atoms in total. The van der Waals surface area contributed by atoms with Gasteiger partial charge in [0, 0.05) is 12.4 Å². The van der Waals surface area contributed by atoms with Crippen molar-refractivity contribution in [1.29, 1.82) is 0 Å². The minimum Gasteiger partial charge on any atom is -0.463 e. The minimum absolute atomic E-state index is 0.105. The number of pyridine rings is 1. The van der Waals surface area contributed by atoms with Crippen LogP contribution in [0.1, 0.15) is 10.4 Å². The molecule has 0 N–H and O–H groups in total. The van der Waals surface area contributed by atoms with Crippen LogP contribution in [-0.4, -0.2) is 11.0 Å². The summed E-state index contributed by atoms with van der Waals surface area (Å²) in [5, 5.41) is 0.525. The third-order valence-electron chi connectivity index (χ3n) is 3.95. The zero-order valence-corrected chi connectivity index (χ0v) is 13.6. The predicted octanol–water partition coefficient (Wildman–Crippen LogP) is 4.07. The molecule has 2 aromatic carbocycles. The summed E-state index contributed by atoms with van der Waals surface area (Å²) in [6, 6.07) is 17.1. The van der Waals surface area contributed by atoms with Crippen molar-refractivity contribution in [3.63, 3.8) is 0 Å². The molecule has 0 amide bonds. The van der Waals surface area contributed by atoms with Crippen molar-refractivity contribution in [2.75, 3.05) is 0 Å². The molecule has 0 bridgehead atoms. The Morgan fingerprint density at radius 3 is 2.54 bits per heavy atom. The quantitative estimate of drug-likeness (QED) is 0.414. The Bertz CT molecular complexity index is 1130. The van der Waals surface area contributed by atoms with E-state index in [0.29, 0.717) is 33.4 Å². The van der Waals surface area contributed by atoms with Crippen molar-refractivity contribution in [2.45, 2.75) is 0 Å². The highest BCUT2D eigenvalue weighted by molar-refractivity contribution is 5.90. The Morgan fingerprint density at radius 1 is 0.962 bits per heavy atom. The number of aromatic nitrogens is 1. The number of nitrogens with zero attached hydrogens (tertiary/aromatic N) is 1. The number of hydrogen-bond donors (Lipinski definition) is 0. The molecule has 0 aliphatic heterocycles. The number of para-hydroxylation sites is 1. The van der Waals surface area contributed by atoms with E-state index in [0.717, 1.165) is 0 Å². The number of carbonyl (C=O) groups excluding carboxylic acids is 1. The summed E-state index contributed by atoms with van der Waals surface area (Å²) >= 11 is 0. The van der Waals surface area contributed by atoms with Crippen LogP contribution >= 0.6 is 0 Å². The summed E-state index contributed by atoms with van der Waals surface area (Å²) < 4.78 is 10.8. The van der Waals surface area contributed by atoms with E-state index in [1.54, 1.807) is 60.8 Å². The lowest BCUT2D eigenvalue weighted by atomic mass is 10.1. The summed E-state index contributed by atoms with van der Waals surface area (Å²) in [5.74, 6) is -0.108. The first kappa shape index (κ1) is 15.8. The summed E-state index contributed by atoms with van der Waals surface area (Å²) in [5.41, 5.74) is 1.95. The van der Waals surface area contributed by atoms with Crippen molar-refractivity contribution in [3.8, 4) is 16.9 Å². The molecular formula is C21H13NO4. The number of ether oxygens (including phenoxy) is 1. The van der Waals surface area contributed by atoms with Crippen LogP contribution in [0.4, 0.5) is 0 Å². The third kappa shape index (κ3) is 2.98. The summed E-state index contributed by atoms with van der Waals surface area (Å²) in [4.78, 5) is 28.6. The van der Waals surface area contributed by atoms with Gasteiger partial charge in [-0.1, -0.05) is 24.3 Å². The molecule has 0 spiro atoms. The van der Waals surface area contributed by atoms with Gasteiger partial charge in [0.15, 0.2) is 5.43 Å². The Kier molecular flexibility index (Phi) is 4.03. The van der Waals surface area contributed by atoms with Gasteiger partial charge in [-0.3, -0.25) is 9.78 Å². The molecule has 5 heteroatoms. The van der Waals surface area contributed by atoms with Gasteiger partial charge < -0.3 is 9.15 Å². The van der Waals surface area contributed by atoms with E-state index < -0.39 is 5.97 Å². The summed E-state index contributed by atoms with van der Waals surface area (Å²) in [7, 11) is 0. The molecular weight excluding hydrogens is 330 g/mol. The normalized spacial score (nSPS) is 10.6. The van der Waals surface area contributed by atoms with Gasteiger partial charge in [0.1, 0.15) is 17.6 Å². The lowest BCUT2D eigenvalue weighted by molar-refractivity contribution is 0.0734. The van der Waals surface area contributed by atoms with Crippen molar-refractivity contribution < 1.29 is 13.9 Å². The van der Waals surface area contributed by atoms with E-state index in [-0.39, 0.29) is 5.43 Å². The summed E-state index contributed by atoms with van der Waals surface area (Å²) in [6.45, 7) is 0. The van der Waals surface area contributed by atoms with Crippen molar-refractivity contribution >= 4 is 16.9 Å². The maximum Gasteiger partial charge on any atom is 0.345 e. The molecule has 0 aliphatic rings. The fraction of sp³-hybridized carbons (Fsp3) is 0. The lowest BCUT2D eigenvalue weighted by Gasteiger charge is -2.06. The zero-order chi connectivity index (χ0) is 17.9. The van der Waals surface area contributed by atoms with Gasteiger partial charge in [0.25, 0.3) is 0 Å². The Labute approximate surface area is 148 Å². The molecule has 0 saturated heterocycles. The first-order valence-corrected chi connectivity index (χ1v) is 7.95. The van der Waals surface area contributed by atoms with Gasteiger partial charge in [0.05, 0.1) is 16.5 Å². The van der Waals surface area contributed by atoms with E-state index in [1.807, 2.05) is 6.07 Å². The van der Waals surface area contributed by atoms with E-state index in [9.17, 15) is 9.59 Å². The van der Waals surface area contributed by atoms with Crippen molar-refractivity contribution in [3.05, 3.63) is 95.1 Å². The maximum atomic E-state index is 12.6. The molecule has 4 rings (SSSR count). The first-order chi connectivity index (χ1) is 12.7. The smallest absolute Gasteiger partial charge is 0.345 e. The van der Waals surface area contributed by atoms with Crippen LogP contribution in [0, 0.1) is 0 Å². The topological polar surface area (TPSA) is 69.4 Å². The minimum atomic E-state index is -0.490. The Hall–Kier alpha value is -3.73. The second-order valence-electron chi connectivity index (χ2n) is 5.63. The molecule has 2 aromatic heterocycles. The Morgan fingerprint density at radius 2 is 1.77 bits per heavy atom. The molecule has 0 unspecified atom stereocenters. The number of fused-ring (bicyclic) bond motifs is 1. The number of benzene rings is 2. The second kappa shape index (κ2) is 6.64. The van der Waals surface area contributed by atoms with Crippen molar-refractivity contribution in [1.82, 2.24) is 4.98 Å². The molecule has 0 aliphatic carbocycles. The van der Waals surface area contributed by atoms with Crippen LogP contribution in [0.25, 0.3) is 22.1 Å². The number of esters is 1. The van der Waals surface area contributed by atoms with E-state index >= 15 is 0 Å². The highest BCUT2D eigenvalue weighted by Gasteiger charge is 2.11. The van der Waals surface area contributed by atoms with Gasteiger partial charge in [0.2, 0.25) is 0 Å². The van der Waals surface area contributed by atoms with Gasteiger partial charge in [-0.05, 0) is 42.0 Å². The predicted molar refractivity (Wildman–Crippen MR) is 97.1 cm³/mol. The fourth-order valence-electron chi connectivity index (χ4n) is 2.63. The van der Waals surface area contributed by atoms with Gasteiger partial charge in [-0.2, -0.15) is 0 Å². The largest absolute Gasteiger partial charge is 0.463 e. The number of carbonyl (C=O) groups is 1. The second-order valence-corrected chi connectivity index (χ2v) is 5.63. The van der Waals surface area contributed by atoms with Crippen LogP contribution in [0.15, 0.2) is 88.5 Å².